The molecule has 230 valence electrons. The number of hydrogen-bond donors (Lipinski definition) is 4. The highest BCUT2D eigenvalue weighted by Crippen LogP contribution is 2.27. The predicted octanol–water partition coefficient (Wildman–Crippen LogP) is 2.42. The summed E-state index contributed by atoms with van der Waals surface area (Å²) >= 11 is 0. The molecule has 0 saturated carbocycles. The van der Waals surface area contributed by atoms with Gasteiger partial charge in [0.15, 0.2) is 5.69 Å². The van der Waals surface area contributed by atoms with Gasteiger partial charge in [-0.3, -0.25) is 23.9 Å². The maximum atomic E-state index is 13.2. The van der Waals surface area contributed by atoms with Crippen molar-refractivity contribution in [3.8, 4) is 5.75 Å². The van der Waals surface area contributed by atoms with Crippen molar-refractivity contribution in [3.05, 3.63) is 47.8 Å². The molecule has 4 N–H and O–H groups in total. The molecule has 1 unspecified atom stereocenters. The van der Waals surface area contributed by atoms with Crippen LogP contribution in [0.4, 0.5) is 13.2 Å². The zero-order chi connectivity index (χ0) is 30.7. The number of alkyl halides is 3. The number of amides is 4. The van der Waals surface area contributed by atoms with Gasteiger partial charge in [0.05, 0.1) is 12.2 Å². The molecule has 4 amide bonds. The van der Waals surface area contributed by atoms with E-state index < -0.39 is 41.7 Å². The van der Waals surface area contributed by atoms with Crippen LogP contribution in [0.15, 0.2) is 36.5 Å². The second kappa shape index (κ2) is 15.2. The topological polar surface area (TPSA) is 143 Å². The number of nitrogens with zero attached hydrogens (tertiary/aromatic N) is 2. The van der Waals surface area contributed by atoms with Crippen molar-refractivity contribution in [1.82, 2.24) is 31.0 Å². The van der Waals surface area contributed by atoms with Crippen molar-refractivity contribution in [2.75, 3.05) is 19.7 Å². The van der Waals surface area contributed by atoms with Crippen LogP contribution in [-0.4, -0.2) is 65.2 Å². The molecule has 0 bridgehead atoms. The highest BCUT2D eigenvalue weighted by Gasteiger charge is 2.33. The van der Waals surface area contributed by atoms with Gasteiger partial charge >= 0.3 is 6.18 Å². The largest absolute Gasteiger partial charge is 0.493 e. The zero-order valence-corrected chi connectivity index (χ0v) is 23.6. The lowest BCUT2D eigenvalue weighted by Gasteiger charge is -2.22. The Kier molecular flexibility index (Phi) is 11.7. The van der Waals surface area contributed by atoms with Gasteiger partial charge < -0.3 is 26.0 Å². The molecular formula is C28H37F3N6O5. The van der Waals surface area contributed by atoms with Crippen LogP contribution >= 0.6 is 0 Å². The predicted molar refractivity (Wildman–Crippen MR) is 146 cm³/mol. The first kappa shape index (κ1) is 32.4. The van der Waals surface area contributed by atoms with E-state index in [-0.39, 0.29) is 56.3 Å². The van der Waals surface area contributed by atoms with Gasteiger partial charge in [-0.25, -0.2) is 0 Å². The average Bonchev–Trinajstić information content (AvgIpc) is 3.42. The van der Waals surface area contributed by atoms with Crippen molar-refractivity contribution in [2.24, 2.45) is 5.92 Å². The normalized spacial score (nSPS) is 19.2. The molecule has 1 aromatic heterocycles. The Morgan fingerprint density at radius 3 is 2.64 bits per heavy atom. The van der Waals surface area contributed by atoms with E-state index in [4.69, 9.17) is 4.74 Å². The number of carbonyl (C=O) groups is 4. The summed E-state index contributed by atoms with van der Waals surface area (Å²) in [6, 6.07) is 5.53. The number of halogens is 3. The number of nitrogens with one attached hydrogen (secondary N) is 4. The van der Waals surface area contributed by atoms with Crippen LogP contribution in [0, 0.1) is 5.92 Å². The first-order valence-corrected chi connectivity index (χ1v) is 13.9. The maximum absolute atomic E-state index is 13.2. The van der Waals surface area contributed by atoms with E-state index in [0.29, 0.717) is 25.1 Å². The van der Waals surface area contributed by atoms with E-state index in [9.17, 15) is 32.3 Å². The monoisotopic (exact) mass is 594 g/mol. The van der Waals surface area contributed by atoms with Crippen LogP contribution in [0.1, 0.15) is 62.0 Å². The van der Waals surface area contributed by atoms with Gasteiger partial charge in [-0.05, 0) is 49.8 Å². The lowest BCUT2D eigenvalue weighted by Crippen LogP contribution is -2.49. The number of rotatable bonds is 7. The van der Waals surface area contributed by atoms with Crippen LogP contribution in [0.25, 0.3) is 0 Å². The second-order valence-corrected chi connectivity index (χ2v) is 10.4. The Labute approximate surface area is 241 Å². The van der Waals surface area contributed by atoms with E-state index in [1.807, 2.05) is 13.8 Å². The van der Waals surface area contributed by atoms with Crippen molar-refractivity contribution in [2.45, 2.75) is 70.8 Å². The molecule has 11 nitrogen and oxygen atoms in total. The maximum Gasteiger partial charge on any atom is 0.435 e. The van der Waals surface area contributed by atoms with Crippen LogP contribution in [0.3, 0.4) is 0 Å². The molecule has 0 aliphatic carbocycles. The van der Waals surface area contributed by atoms with Crippen LogP contribution in [-0.2, 0) is 27.1 Å². The average molecular weight is 595 g/mol. The summed E-state index contributed by atoms with van der Waals surface area (Å²) in [5.41, 5.74) is -0.803. The van der Waals surface area contributed by atoms with Gasteiger partial charge in [0.1, 0.15) is 17.8 Å². The second-order valence-electron chi connectivity index (χ2n) is 10.4. The summed E-state index contributed by atoms with van der Waals surface area (Å²) in [5, 5.41) is 14.4. The third-order valence-corrected chi connectivity index (χ3v) is 6.44. The molecule has 2 heterocycles. The molecule has 2 atom stereocenters. The number of ether oxygens (including phenoxy) is 1. The van der Waals surface area contributed by atoms with Crippen LogP contribution in [0.2, 0.25) is 0 Å². The van der Waals surface area contributed by atoms with Crippen LogP contribution < -0.4 is 26.0 Å². The van der Waals surface area contributed by atoms with E-state index >= 15 is 0 Å². The summed E-state index contributed by atoms with van der Waals surface area (Å²) in [7, 11) is 0. The minimum atomic E-state index is -4.55. The molecule has 1 aromatic carbocycles. The Morgan fingerprint density at radius 1 is 1.17 bits per heavy atom. The third-order valence-electron chi connectivity index (χ3n) is 6.44. The fourth-order valence-electron chi connectivity index (χ4n) is 4.33. The van der Waals surface area contributed by atoms with Crippen molar-refractivity contribution >= 4 is 23.6 Å². The van der Waals surface area contributed by atoms with Gasteiger partial charge in [0.2, 0.25) is 17.7 Å². The van der Waals surface area contributed by atoms with Gasteiger partial charge in [-0.15, -0.1) is 0 Å². The molecule has 0 spiro atoms. The summed E-state index contributed by atoms with van der Waals surface area (Å²) in [6.45, 7) is 4.62. The Bertz CT molecular complexity index is 1230. The molecule has 0 fully saturated rings. The van der Waals surface area contributed by atoms with E-state index in [1.165, 1.54) is 6.20 Å². The standard InChI is InChI=1S/C28H37F3N6O5/c1-18(2)17-21-27(41)33-13-6-16-42-22-8-4-3-7-19(22)25(39)35-20(9-10-24(38)34-21)26(40)32-12-5-14-37-15-11-23(36-37)28(29,30)31/h3-4,7-8,11,15,18,20-21H,5-6,9-10,12-14,16-17H2,1-2H3,(H,32,40)(H,33,41)(H,34,38)(H,35,39)/t20-,21?/m0/s1. The molecule has 3 rings (SSSR count). The smallest absolute Gasteiger partial charge is 0.435 e. The number of fused-ring (bicyclic) bond motifs is 1. The summed E-state index contributed by atoms with van der Waals surface area (Å²) in [5.74, 6) is -1.46. The highest BCUT2D eigenvalue weighted by molar-refractivity contribution is 5.99. The Morgan fingerprint density at radius 2 is 1.93 bits per heavy atom. The third kappa shape index (κ3) is 10.1. The minimum Gasteiger partial charge on any atom is -0.493 e. The van der Waals surface area contributed by atoms with Crippen molar-refractivity contribution < 1.29 is 37.1 Å². The summed E-state index contributed by atoms with van der Waals surface area (Å²) < 4.78 is 45.2. The lowest BCUT2D eigenvalue weighted by atomic mass is 10.0. The lowest BCUT2D eigenvalue weighted by molar-refractivity contribution is -0.141. The Balaban J connectivity index is 1.70. The van der Waals surface area contributed by atoms with Gasteiger partial charge in [-0.1, -0.05) is 26.0 Å². The fraction of sp³-hybridized carbons (Fsp3) is 0.536. The Hall–Kier alpha value is -4.10. The molecule has 1 aliphatic rings. The van der Waals surface area contributed by atoms with Gasteiger partial charge in [0.25, 0.3) is 5.91 Å². The van der Waals surface area contributed by atoms with Crippen LogP contribution in [0.5, 0.6) is 5.75 Å². The van der Waals surface area contributed by atoms with Gasteiger partial charge in [0, 0.05) is 32.3 Å². The number of benzene rings is 1. The molecule has 0 radical (unpaired) electrons. The summed E-state index contributed by atoms with van der Waals surface area (Å²) in [4.78, 5) is 51.8. The molecule has 42 heavy (non-hydrogen) atoms. The van der Waals surface area contributed by atoms with Crippen molar-refractivity contribution in [3.63, 3.8) is 0 Å². The first-order valence-electron chi connectivity index (χ1n) is 13.9. The molecule has 2 aromatic rings. The zero-order valence-electron chi connectivity index (χ0n) is 23.6. The van der Waals surface area contributed by atoms with E-state index in [0.717, 1.165) is 10.7 Å². The first-order chi connectivity index (χ1) is 19.9. The van der Waals surface area contributed by atoms with E-state index in [2.05, 4.69) is 26.4 Å². The highest BCUT2D eigenvalue weighted by atomic mass is 19.4. The quantitative estimate of drug-likeness (QED) is 0.363. The van der Waals surface area contributed by atoms with E-state index in [1.54, 1.807) is 24.3 Å². The SMILES string of the molecule is CC(C)CC1NC(=O)CC[C@@H](C(=O)NCCCn2ccc(C(F)(F)F)n2)NC(=O)c2ccccc2OCCCNC1=O. The number of carbonyl (C=O) groups excluding carboxylic acids is 4. The fourth-order valence-corrected chi connectivity index (χ4v) is 4.33. The van der Waals surface area contributed by atoms with Gasteiger partial charge in [-0.2, -0.15) is 18.3 Å². The molecule has 0 saturated heterocycles. The molecular weight excluding hydrogens is 557 g/mol. The molecule has 14 heteroatoms. The molecule has 1 aliphatic heterocycles. The number of aromatic nitrogens is 2. The number of aryl methyl sites for hydroxylation is 1. The summed E-state index contributed by atoms with van der Waals surface area (Å²) in [6.07, 6.45) is -2.39. The number of hydrogen-bond acceptors (Lipinski definition) is 6. The minimum absolute atomic E-state index is 0.0590. The number of para-hydroxylation sites is 1. The van der Waals surface area contributed by atoms with Crippen molar-refractivity contribution in [1.29, 1.82) is 0 Å².